The highest BCUT2D eigenvalue weighted by Gasteiger charge is 2.28. The standard InChI is InChI=1S/C12H17F3N2O2S/c1-17(11-5-2-4-10(8-11)9-16)20(18,19)7-3-6-12(13,14)15/h2,4-5,8H,3,6-7,9,16H2,1H3. The van der Waals surface area contributed by atoms with E-state index in [1.54, 1.807) is 24.3 Å². The van der Waals surface area contributed by atoms with Crippen LogP contribution in [0.2, 0.25) is 0 Å². The Morgan fingerprint density at radius 2 is 1.95 bits per heavy atom. The van der Waals surface area contributed by atoms with E-state index in [2.05, 4.69) is 0 Å². The van der Waals surface area contributed by atoms with Crippen molar-refractivity contribution in [2.24, 2.45) is 5.73 Å². The van der Waals surface area contributed by atoms with E-state index >= 15 is 0 Å². The van der Waals surface area contributed by atoms with E-state index in [1.165, 1.54) is 7.05 Å². The molecule has 2 N–H and O–H groups in total. The fourth-order valence-electron chi connectivity index (χ4n) is 1.63. The summed E-state index contributed by atoms with van der Waals surface area (Å²) >= 11 is 0. The van der Waals surface area contributed by atoms with Gasteiger partial charge < -0.3 is 5.73 Å². The van der Waals surface area contributed by atoms with Crippen LogP contribution in [0.15, 0.2) is 24.3 Å². The van der Waals surface area contributed by atoms with Crippen molar-refractivity contribution in [1.29, 1.82) is 0 Å². The zero-order valence-electron chi connectivity index (χ0n) is 11.0. The van der Waals surface area contributed by atoms with E-state index < -0.39 is 34.8 Å². The second kappa shape index (κ2) is 6.45. The average Bonchev–Trinajstić information content (AvgIpc) is 2.36. The lowest BCUT2D eigenvalue weighted by Crippen LogP contribution is -2.29. The summed E-state index contributed by atoms with van der Waals surface area (Å²) in [4.78, 5) is 0. The van der Waals surface area contributed by atoms with Crippen LogP contribution >= 0.6 is 0 Å². The lowest BCUT2D eigenvalue weighted by molar-refractivity contribution is -0.134. The number of halogens is 3. The molecule has 1 rings (SSSR count). The van der Waals surface area contributed by atoms with E-state index in [0.717, 1.165) is 9.87 Å². The Balaban J connectivity index is 2.76. The zero-order valence-corrected chi connectivity index (χ0v) is 11.8. The maximum absolute atomic E-state index is 12.0. The van der Waals surface area contributed by atoms with Crippen LogP contribution in [0.25, 0.3) is 0 Å². The number of anilines is 1. The normalized spacial score (nSPS) is 12.4. The molecule has 0 bridgehead atoms. The van der Waals surface area contributed by atoms with Crippen molar-refractivity contribution < 1.29 is 21.6 Å². The Morgan fingerprint density at radius 3 is 2.50 bits per heavy atom. The third kappa shape index (κ3) is 5.01. The predicted molar refractivity (Wildman–Crippen MR) is 71.8 cm³/mol. The maximum atomic E-state index is 12.0. The minimum atomic E-state index is -4.34. The molecule has 0 aliphatic heterocycles. The topological polar surface area (TPSA) is 63.4 Å². The van der Waals surface area contributed by atoms with Crippen molar-refractivity contribution >= 4 is 15.7 Å². The molecule has 0 aliphatic carbocycles. The Labute approximate surface area is 116 Å². The smallest absolute Gasteiger partial charge is 0.326 e. The van der Waals surface area contributed by atoms with Crippen molar-refractivity contribution in [3.63, 3.8) is 0 Å². The summed E-state index contributed by atoms with van der Waals surface area (Å²) in [5, 5.41) is 0. The Kier molecular flexibility index (Phi) is 5.41. The first-order valence-electron chi connectivity index (χ1n) is 5.98. The first-order valence-corrected chi connectivity index (χ1v) is 7.59. The lowest BCUT2D eigenvalue weighted by atomic mass is 10.2. The molecule has 0 radical (unpaired) electrons. The molecule has 1 aromatic rings. The molecular formula is C12H17F3N2O2S. The fourth-order valence-corrected chi connectivity index (χ4v) is 2.85. The summed E-state index contributed by atoms with van der Waals surface area (Å²) in [5.74, 6) is -0.546. The van der Waals surface area contributed by atoms with Gasteiger partial charge in [-0.25, -0.2) is 8.42 Å². The quantitative estimate of drug-likeness (QED) is 0.876. The zero-order chi connectivity index (χ0) is 15.4. The Bertz CT molecular complexity index is 544. The molecule has 20 heavy (non-hydrogen) atoms. The summed E-state index contributed by atoms with van der Waals surface area (Å²) < 4.78 is 61.0. The highest BCUT2D eigenvalue weighted by atomic mass is 32.2. The van der Waals surface area contributed by atoms with Crippen LogP contribution in [-0.4, -0.2) is 27.4 Å². The Morgan fingerprint density at radius 1 is 1.30 bits per heavy atom. The molecule has 0 unspecified atom stereocenters. The van der Waals surface area contributed by atoms with Crippen molar-refractivity contribution in [1.82, 2.24) is 0 Å². The molecule has 0 atom stereocenters. The van der Waals surface area contributed by atoms with Crippen molar-refractivity contribution in [2.45, 2.75) is 25.6 Å². The van der Waals surface area contributed by atoms with Gasteiger partial charge in [-0.15, -0.1) is 0 Å². The van der Waals surface area contributed by atoms with Gasteiger partial charge >= 0.3 is 6.18 Å². The molecule has 1 aromatic carbocycles. The number of rotatable bonds is 6. The summed E-state index contributed by atoms with van der Waals surface area (Å²) in [7, 11) is -2.45. The number of hydrogen-bond acceptors (Lipinski definition) is 3. The second-order valence-electron chi connectivity index (χ2n) is 4.38. The Hall–Kier alpha value is -1.28. The van der Waals surface area contributed by atoms with Gasteiger partial charge in [-0.05, 0) is 24.1 Å². The van der Waals surface area contributed by atoms with E-state index in [-0.39, 0.29) is 6.54 Å². The fraction of sp³-hybridized carbons (Fsp3) is 0.500. The number of hydrogen-bond donors (Lipinski definition) is 1. The third-order valence-electron chi connectivity index (χ3n) is 2.79. The van der Waals surface area contributed by atoms with Crippen LogP contribution in [0.4, 0.5) is 18.9 Å². The lowest BCUT2D eigenvalue weighted by Gasteiger charge is -2.20. The molecule has 0 aromatic heterocycles. The molecule has 0 amide bonds. The summed E-state index contributed by atoms with van der Waals surface area (Å²) in [6, 6.07) is 6.56. The van der Waals surface area contributed by atoms with Gasteiger partial charge in [-0.1, -0.05) is 12.1 Å². The van der Waals surface area contributed by atoms with Crippen molar-refractivity contribution in [3.05, 3.63) is 29.8 Å². The van der Waals surface area contributed by atoms with Crippen LogP contribution < -0.4 is 10.0 Å². The van der Waals surface area contributed by atoms with E-state index in [4.69, 9.17) is 5.73 Å². The van der Waals surface area contributed by atoms with Crippen molar-refractivity contribution in [2.75, 3.05) is 17.1 Å². The van der Waals surface area contributed by atoms with Crippen LogP contribution in [0.1, 0.15) is 18.4 Å². The van der Waals surface area contributed by atoms with E-state index in [1.807, 2.05) is 0 Å². The molecule has 0 heterocycles. The van der Waals surface area contributed by atoms with E-state index in [0.29, 0.717) is 5.69 Å². The summed E-state index contributed by atoms with van der Waals surface area (Å²) in [5.41, 5.74) is 6.60. The number of nitrogens with two attached hydrogens (primary N) is 1. The monoisotopic (exact) mass is 310 g/mol. The number of sulfonamides is 1. The van der Waals surface area contributed by atoms with Crippen LogP contribution in [0, 0.1) is 0 Å². The minimum Gasteiger partial charge on any atom is -0.326 e. The molecule has 0 spiro atoms. The SMILES string of the molecule is CN(c1cccc(CN)c1)S(=O)(=O)CCCC(F)(F)F. The van der Waals surface area contributed by atoms with Gasteiger partial charge in [0.1, 0.15) is 0 Å². The molecule has 8 heteroatoms. The molecule has 0 fully saturated rings. The van der Waals surface area contributed by atoms with Gasteiger partial charge in [0, 0.05) is 20.0 Å². The third-order valence-corrected chi connectivity index (χ3v) is 4.64. The minimum absolute atomic E-state index is 0.260. The second-order valence-corrected chi connectivity index (χ2v) is 6.50. The van der Waals surface area contributed by atoms with Crippen molar-refractivity contribution in [3.8, 4) is 0 Å². The number of alkyl halides is 3. The predicted octanol–water partition coefficient (Wildman–Crippen LogP) is 2.25. The largest absolute Gasteiger partial charge is 0.389 e. The molecule has 0 aliphatic rings. The average molecular weight is 310 g/mol. The molecule has 0 saturated carbocycles. The van der Waals surface area contributed by atoms with Gasteiger partial charge in [0.15, 0.2) is 0 Å². The summed E-state index contributed by atoms with van der Waals surface area (Å²) in [6.45, 7) is 0.260. The maximum Gasteiger partial charge on any atom is 0.389 e. The van der Waals surface area contributed by atoms with Gasteiger partial charge in [0.05, 0.1) is 11.4 Å². The van der Waals surface area contributed by atoms with Crippen LogP contribution in [0.5, 0.6) is 0 Å². The van der Waals surface area contributed by atoms with Crippen LogP contribution in [-0.2, 0) is 16.6 Å². The highest BCUT2D eigenvalue weighted by Crippen LogP contribution is 2.23. The molecular weight excluding hydrogens is 293 g/mol. The van der Waals surface area contributed by atoms with Crippen LogP contribution in [0.3, 0.4) is 0 Å². The first kappa shape index (κ1) is 16.8. The number of nitrogens with zero attached hydrogens (tertiary/aromatic N) is 1. The number of benzene rings is 1. The molecule has 0 saturated heterocycles. The summed E-state index contributed by atoms with van der Waals surface area (Å²) in [6.07, 6.45) is -5.90. The van der Waals surface area contributed by atoms with Gasteiger partial charge in [-0.2, -0.15) is 13.2 Å². The molecule has 4 nitrogen and oxygen atoms in total. The van der Waals surface area contributed by atoms with Gasteiger partial charge in [0.25, 0.3) is 0 Å². The van der Waals surface area contributed by atoms with E-state index in [9.17, 15) is 21.6 Å². The molecule has 114 valence electrons. The highest BCUT2D eigenvalue weighted by molar-refractivity contribution is 7.92. The first-order chi connectivity index (χ1) is 9.15. The van der Waals surface area contributed by atoms with Gasteiger partial charge in [-0.3, -0.25) is 4.31 Å². The van der Waals surface area contributed by atoms with Gasteiger partial charge in [0.2, 0.25) is 10.0 Å².